The molecule has 1 fully saturated rings. The molecule has 3 aliphatic carbocycles. The average molecular weight is 463 g/mol. The Bertz CT molecular complexity index is 848. The molecule has 8 heteroatoms. The van der Waals surface area contributed by atoms with Crippen LogP contribution in [0.1, 0.15) is 66.2 Å². The Hall–Kier alpha value is -0.180. The number of ether oxygens (including phenoxy) is 1. The van der Waals surface area contributed by atoms with Gasteiger partial charge < -0.3 is 14.4 Å². The van der Waals surface area contributed by atoms with Gasteiger partial charge in [-0.3, -0.25) is 4.79 Å². The molecular formula is C23H35NaO6S. The van der Waals surface area contributed by atoms with Crippen LogP contribution in [-0.4, -0.2) is 42.5 Å². The molecule has 0 aliphatic heterocycles. The van der Waals surface area contributed by atoms with Gasteiger partial charge in [-0.15, -0.1) is 0 Å². The van der Waals surface area contributed by atoms with E-state index in [1.807, 2.05) is 6.92 Å². The maximum absolute atomic E-state index is 13.1. The summed E-state index contributed by atoms with van der Waals surface area (Å²) in [5.41, 5.74) is 2.23. The second kappa shape index (κ2) is 9.98. The topological polar surface area (TPSA) is 104 Å². The maximum Gasteiger partial charge on any atom is 1.00 e. The van der Waals surface area contributed by atoms with Crippen molar-refractivity contribution in [2.45, 2.75) is 72.3 Å². The Morgan fingerprint density at radius 2 is 2.00 bits per heavy atom. The van der Waals surface area contributed by atoms with Gasteiger partial charge in [-0.1, -0.05) is 44.9 Å². The van der Waals surface area contributed by atoms with E-state index in [0.717, 1.165) is 32.1 Å². The second-order valence-electron chi connectivity index (χ2n) is 10.2. The Balaban J connectivity index is 0.00000341. The average Bonchev–Trinajstić information content (AvgIpc) is 2.64. The number of hydrogen-bond donors (Lipinski definition) is 1. The molecule has 0 saturated heterocycles. The molecule has 170 valence electrons. The maximum atomic E-state index is 13.1. The molecule has 0 aromatic heterocycles. The summed E-state index contributed by atoms with van der Waals surface area (Å²) in [5.74, 6) is -0.228. The zero-order valence-corrected chi connectivity index (χ0v) is 22.3. The van der Waals surface area contributed by atoms with Gasteiger partial charge in [0.05, 0.1) is 21.3 Å². The molecule has 0 amide bonds. The fourth-order valence-corrected chi connectivity index (χ4v) is 6.78. The predicted molar refractivity (Wildman–Crippen MR) is 113 cm³/mol. The van der Waals surface area contributed by atoms with E-state index < -0.39 is 40.0 Å². The number of carbonyl (C=O) groups is 1. The SMILES string of the molecule is CC(C)C1=CC2=CCC3[C@@](C)(CCC[C@]3(C)C(=O)OCC(O)CS(=O)(=O)[O-])C2CC1.[Na+]. The first-order chi connectivity index (χ1) is 13.9. The molecule has 3 aliphatic rings. The Morgan fingerprint density at radius 1 is 1.32 bits per heavy atom. The van der Waals surface area contributed by atoms with Gasteiger partial charge in [-0.05, 0) is 67.8 Å². The summed E-state index contributed by atoms with van der Waals surface area (Å²) < 4.78 is 37.8. The van der Waals surface area contributed by atoms with Crippen molar-refractivity contribution in [2.24, 2.45) is 28.6 Å². The number of carbonyl (C=O) groups excluding carboxylic acids is 1. The van der Waals surface area contributed by atoms with E-state index in [9.17, 15) is 22.9 Å². The van der Waals surface area contributed by atoms with Gasteiger partial charge in [-0.2, -0.15) is 0 Å². The summed E-state index contributed by atoms with van der Waals surface area (Å²) >= 11 is 0. The van der Waals surface area contributed by atoms with E-state index in [4.69, 9.17) is 4.74 Å². The van der Waals surface area contributed by atoms with E-state index in [1.54, 1.807) is 0 Å². The first-order valence-corrected chi connectivity index (χ1v) is 12.6. The van der Waals surface area contributed by atoms with E-state index in [1.165, 1.54) is 11.1 Å². The monoisotopic (exact) mass is 462 g/mol. The van der Waals surface area contributed by atoms with E-state index in [-0.39, 0.29) is 40.9 Å². The molecule has 0 aromatic rings. The largest absolute Gasteiger partial charge is 1.00 e. The molecule has 0 bridgehead atoms. The summed E-state index contributed by atoms with van der Waals surface area (Å²) in [6, 6.07) is 0. The van der Waals surface area contributed by atoms with Crippen molar-refractivity contribution in [3.05, 3.63) is 23.3 Å². The number of esters is 1. The van der Waals surface area contributed by atoms with E-state index in [2.05, 4.69) is 32.9 Å². The van der Waals surface area contributed by atoms with Gasteiger partial charge in [0.1, 0.15) is 12.7 Å². The number of fused-ring (bicyclic) bond motifs is 3. The molecule has 1 N–H and O–H groups in total. The van der Waals surface area contributed by atoms with Gasteiger partial charge in [0.25, 0.3) is 0 Å². The van der Waals surface area contributed by atoms with E-state index in [0.29, 0.717) is 18.3 Å². The predicted octanol–water partition coefficient (Wildman–Crippen LogP) is 0.575. The van der Waals surface area contributed by atoms with Crippen LogP contribution < -0.4 is 29.6 Å². The van der Waals surface area contributed by atoms with Gasteiger partial charge in [0.15, 0.2) is 0 Å². The number of aliphatic hydroxyl groups is 1. The molecule has 31 heavy (non-hydrogen) atoms. The van der Waals surface area contributed by atoms with Crippen LogP contribution in [0.3, 0.4) is 0 Å². The number of hydrogen-bond acceptors (Lipinski definition) is 6. The summed E-state index contributed by atoms with van der Waals surface area (Å²) in [5, 5.41) is 9.75. The molecule has 3 unspecified atom stereocenters. The van der Waals surface area contributed by atoms with Gasteiger partial charge in [0, 0.05) is 0 Å². The third kappa shape index (κ3) is 5.67. The van der Waals surface area contributed by atoms with Crippen LogP contribution in [-0.2, 0) is 19.6 Å². The van der Waals surface area contributed by atoms with Crippen molar-refractivity contribution in [3.8, 4) is 0 Å². The molecule has 0 spiro atoms. The standard InChI is InChI=1S/C23H36O6S.Na/c1-15(2)16-6-8-19-17(12-16)7-9-20-22(19,3)10-5-11-23(20,4)21(25)29-13-18(24)14-30(26,27)28;/h7,12,15,18-20,24H,5-6,8-11,13-14H2,1-4H3,(H,26,27,28);/q;+1/p-1/t18?,19?,20?,22-,23-;/m0./s1. The molecule has 1 saturated carbocycles. The van der Waals surface area contributed by atoms with Crippen molar-refractivity contribution in [3.63, 3.8) is 0 Å². The summed E-state index contributed by atoms with van der Waals surface area (Å²) in [4.78, 5) is 13.1. The van der Waals surface area contributed by atoms with Gasteiger partial charge in [0.2, 0.25) is 0 Å². The van der Waals surface area contributed by atoms with Gasteiger partial charge >= 0.3 is 35.5 Å². The van der Waals surface area contributed by atoms with Crippen molar-refractivity contribution < 1.29 is 57.2 Å². The van der Waals surface area contributed by atoms with Crippen molar-refractivity contribution in [2.75, 3.05) is 12.4 Å². The van der Waals surface area contributed by atoms with Crippen LogP contribution in [0.4, 0.5) is 0 Å². The molecule has 5 atom stereocenters. The van der Waals surface area contributed by atoms with Crippen LogP contribution in [0.2, 0.25) is 0 Å². The zero-order chi connectivity index (χ0) is 22.3. The molecule has 0 radical (unpaired) electrons. The first kappa shape index (κ1) is 27.1. The molecule has 3 rings (SSSR count). The van der Waals surface area contributed by atoms with Crippen molar-refractivity contribution in [1.82, 2.24) is 0 Å². The minimum Gasteiger partial charge on any atom is -0.748 e. The van der Waals surface area contributed by atoms with Crippen LogP contribution in [0, 0.1) is 28.6 Å². The molecular weight excluding hydrogens is 427 g/mol. The van der Waals surface area contributed by atoms with Gasteiger partial charge in [-0.25, -0.2) is 8.42 Å². The summed E-state index contributed by atoms with van der Waals surface area (Å²) in [6.45, 7) is 8.27. The summed E-state index contributed by atoms with van der Waals surface area (Å²) in [6.07, 6.45) is 8.92. The zero-order valence-electron chi connectivity index (χ0n) is 19.5. The van der Waals surface area contributed by atoms with Crippen LogP contribution in [0.15, 0.2) is 23.3 Å². The Labute approximate surface area is 208 Å². The normalized spacial score (nSPS) is 33.9. The van der Waals surface area contributed by atoms with Crippen LogP contribution in [0.25, 0.3) is 0 Å². The first-order valence-electron chi connectivity index (χ1n) is 11.1. The Kier molecular flexibility index (Phi) is 8.71. The summed E-state index contributed by atoms with van der Waals surface area (Å²) in [7, 11) is -4.57. The number of rotatable bonds is 6. The number of aliphatic hydroxyl groups excluding tert-OH is 1. The van der Waals surface area contributed by atoms with Crippen molar-refractivity contribution >= 4 is 16.1 Å². The molecule has 0 heterocycles. The molecule has 0 aromatic carbocycles. The second-order valence-corrected chi connectivity index (χ2v) is 11.7. The minimum absolute atomic E-state index is 0. The fourth-order valence-electron chi connectivity index (χ4n) is 6.21. The molecule has 6 nitrogen and oxygen atoms in total. The third-order valence-corrected chi connectivity index (χ3v) is 8.64. The Morgan fingerprint density at radius 3 is 2.61 bits per heavy atom. The van der Waals surface area contributed by atoms with Crippen LogP contribution >= 0.6 is 0 Å². The minimum atomic E-state index is -4.57. The van der Waals surface area contributed by atoms with E-state index >= 15 is 0 Å². The van der Waals surface area contributed by atoms with Crippen LogP contribution in [0.5, 0.6) is 0 Å². The quantitative estimate of drug-likeness (QED) is 0.352. The smallest absolute Gasteiger partial charge is 0.748 e. The number of allylic oxidation sites excluding steroid dienone is 4. The third-order valence-electron chi connectivity index (χ3n) is 7.85. The van der Waals surface area contributed by atoms with Crippen molar-refractivity contribution in [1.29, 1.82) is 0 Å². The fraction of sp³-hybridized carbons (Fsp3) is 0.783.